The summed E-state index contributed by atoms with van der Waals surface area (Å²) in [6.07, 6.45) is 0.887. The van der Waals surface area contributed by atoms with Crippen LogP contribution < -0.4 is 0 Å². The van der Waals surface area contributed by atoms with E-state index >= 15 is 0 Å². The van der Waals surface area contributed by atoms with E-state index in [1.807, 2.05) is 0 Å². The number of epoxide rings is 1. The van der Waals surface area contributed by atoms with Gasteiger partial charge < -0.3 is 4.74 Å². The molecule has 0 aromatic rings. The Morgan fingerprint density at radius 2 is 1.91 bits per heavy atom. The van der Waals surface area contributed by atoms with Crippen LogP contribution in [0.3, 0.4) is 0 Å². The number of rotatable bonds is 2. The molecule has 4 nitrogen and oxygen atoms in total. The molecule has 0 N–H and O–H groups in total. The van der Waals surface area contributed by atoms with Gasteiger partial charge in [0.1, 0.15) is 0 Å². The number of amides is 2. The minimum atomic E-state index is -0.0505. The third-order valence-corrected chi connectivity index (χ3v) is 1.94. The fourth-order valence-electron chi connectivity index (χ4n) is 1.20. The fraction of sp³-hybridized carbons (Fsp3) is 0.714. The van der Waals surface area contributed by atoms with Crippen LogP contribution in [0.2, 0.25) is 0 Å². The van der Waals surface area contributed by atoms with Crippen molar-refractivity contribution in [3.05, 3.63) is 0 Å². The molecule has 0 aromatic carbocycles. The Labute approximate surface area is 64.1 Å². The predicted molar refractivity (Wildman–Crippen MR) is 35.7 cm³/mol. The summed E-state index contributed by atoms with van der Waals surface area (Å²) in [4.78, 5) is 23.3. The number of ether oxygens (including phenoxy) is 1. The molecule has 2 rings (SSSR count). The van der Waals surface area contributed by atoms with Crippen molar-refractivity contribution in [3.63, 3.8) is 0 Å². The first-order chi connectivity index (χ1) is 5.27. The van der Waals surface area contributed by atoms with E-state index in [2.05, 4.69) is 0 Å². The zero-order valence-corrected chi connectivity index (χ0v) is 6.08. The maximum Gasteiger partial charge on any atom is 0.229 e. The summed E-state index contributed by atoms with van der Waals surface area (Å²) in [7, 11) is 0. The summed E-state index contributed by atoms with van der Waals surface area (Å²) < 4.78 is 4.92. The third-order valence-electron chi connectivity index (χ3n) is 1.94. The summed E-state index contributed by atoms with van der Waals surface area (Å²) >= 11 is 0. The number of carbonyl (C=O) groups is 2. The van der Waals surface area contributed by atoms with Gasteiger partial charge >= 0.3 is 0 Å². The Morgan fingerprint density at radius 3 is 2.36 bits per heavy atom. The first kappa shape index (κ1) is 6.79. The van der Waals surface area contributed by atoms with E-state index in [9.17, 15) is 9.59 Å². The summed E-state index contributed by atoms with van der Waals surface area (Å²) in [6.45, 7) is 1.16. The van der Waals surface area contributed by atoms with Gasteiger partial charge in [0.05, 0.1) is 19.3 Å². The molecule has 0 radical (unpaired) electrons. The van der Waals surface area contributed by atoms with E-state index in [4.69, 9.17) is 4.74 Å². The Kier molecular flexibility index (Phi) is 1.42. The van der Waals surface area contributed by atoms with Crippen LogP contribution in [0.25, 0.3) is 0 Å². The highest BCUT2D eigenvalue weighted by atomic mass is 16.6. The van der Waals surface area contributed by atoms with Gasteiger partial charge in [0, 0.05) is 12.8 Å². The average Bonchev–Trinajstić information content (AvgIpc) is 2.73. The fourth-order valence-corrected chi connectivity index (χ4v) is 1.20. The highest BCUT2D eigenvalue weighted by molar-refractivity contribution is 6.01. The van der Waals surface area contributed by atoms with Crippen molar-refractivity contribution in [2.24, 2.45) is 0 Å². The van der Waals surface area contributed by atoms with Gasteiger partial charge in [-0.05, 0) is 0 Å². The van der Waals surface area contributed by atoms with Crippen LogP contribution in [0.5, 0.6) is 0 Å². The molecule has 11 heavy (non-hydrogen) atoms. The Morgan fingerprint density at radius 1 is 1.36 bits per heavy atom. The van der Waals surface area contributed by atoms with Crippen molar-refractivity contribution in [1.82, 2.24) is 4.90 Å². The molecule has 0 unspecified atom stereocenters. The molecular weight excluding hydrogens is 146 g/mol. The molecule has 1 atom stereocenters. The lowest BCUT2D eigenvalue weighted by Gasteiger charge is -2.10. The van der Waals surface area contributed by atoms with Crippen molar-refractivity contribution in [3.8, 4) is 0 Å². The van der Waals surface area contributed by atoms with E-state index in [0.717, 1.165) is 0 Å². The third kappa shape index (κ3) is 1.26. The SMILES string of the molecule is O=C1CCC(=O)N1C[C@@H]1CO1. The standard InChI is InChI=1S/C7H9NO3/c9-6-1-2-7(10)8(6)3-5-4-11-5/h5H,1-4H2/t5-/m1/s1. The van der Waals surface area contributed by atoms with E-state index in [0.29, 0.717) is 26.0 Å². The van der Waals surface area contributed by atoms with Crippen molar-refractivity contribution in [2.45, 2.75) is 18.9 Å². The summed E-state index contributed by atoms with van der Waals surface area (Å²) in [5.74, 6) is -0.101. The van der Waals surface area contributed by atoms with E-state index in [1.54, 1.807) is 0 Å². The molecule has 0 saturated carbocycles. The lowest BCUT2D eigenvalue weighted by atomic mass is 10.4. The Hall–Kier alpha value is -0.900. The topological polar surface area (TPSA) is 49.9 Å². The quantitative estimate of drug-likeness (QED) is 0.400. The summed E-state index contributed by atoms with van der Waals surface area (Å²) in [5.41, 5.74) is 0. The molecule has 2 saturated heterocycles. The Balaban J connectivity index is 1.97. The highest BCUT2D eigenvalue weighted by Gasteiger charge is 2.34. The van der Waals surface area contributed by atoms with Crippen LogP contribution in [-0.2, 0) is 14.3 Å². The van der Waals surface area contributed by atoms with Gasteiger partial charge in [0.25, 0.3) is 0 Å². The maximum absolute atomic E-state index is 11.0. The molecule has 2 aliphatic rings. The predicted octanol–water partition coefficient (Wildman–Crippen LogP) is -0.466. The molecule has 2 aliphatic heterocycles. The molecule has 0 aromatic heterocycles. The van der Waals surface area contributed by atoms with Crippen LogP contribution in [0, 0.1) is 0 Å². The van der Waals surface area contributed by atoms with Crippen molar-refractivity contribution in [2.75, 3.05) is 13.2 Å². The van der Waals surface area contributed by atoms with Crippen molar-refractivity contribution in [1.29, 1.82) is 0 Å². The van der Waals surface area contributed by atoms with Gasteiger partial charge in [-0.15, -0.1) is 0 Å². The van der Waals surface area contributed by atoms with Gasteiger partial charge in [-0.1, -0.05) is 0 Å². The van der Waals surface area contributed by atoms with Crippen LogP contribution in [-0.4, -0.2) is 36.0 Å². The van der Waals surface area contributed by atoms with Crippen LogP contribution in [0.15, 0.2) is 0 Å². The van der Waals surface area contributed by atoms with E-state index in [1.165, 1.54) is 4.90 Å². The van der Waals surface area contributed by atoms with E-state index < -0.39 is 0 Å². The van der Waals surface area contributed by atoms with Crippen LogP contribution >= 0.6 is 0 Å². The molecule has 2 fully saturated rings. The minimum Gasteiger partial charge on any atom is -0.371 e. The normalized spacial score (nSPS) is 29.8. The number of hydrogen-bond acceptors (Lipinski definition) is 3. The van der Waals surface area contributed by atoms with Gasteiger partial charge in [-0.3, -0.25) is 14.5 Å². The lowest BCUT2D eigenvalue weighted by Crippen LogP contribution is -2.32. The van der Waals surface area contributed by atoms with Gasteiger partial charge in [-0.25, -0.2) is 0 Å². The van der Waals surface area contributed by atoms with Crippen molar-refractivity contribution >= 4 is 11.8 Å². The second-order valence-electron chi connectivity index (χ2n) is 2.85. The van der Waals surface area contributed by atoms with Gasteiger partial charge in [0.15, 0.2) is 0 Å². The Bertz CT molecular complexity index is 194. The number of likely N-dealkylation sites (tertiary alicyclic amines) is 1. The number of carbonyl (C=O) groups excluding carboxylic acids is 2. The first-order valence-electron chi connectivity index (χ1n) is 3.72. The van der Waals surface area contributed by atoms with E-state index in [-0.39, 0.29) is 17.9 Å². The van der Waals surface area contributed by atoms with Crippen molar-refractivity contribution < 1.29 is 14.3 Å². The summed E-state index contributed by atoms with van der Waals surface area (Å²) in [5, 5.41) is 0. The second-order valence-corrected chi connectivity index (χ2v) is 2.85. The molecule has 60 valence electrons. The maximum atomic E-state index is 11.0. The molecule has 0 bridgehead atoms. The van der Waals surface area contributed by atoms with Gasteiger partial charge in [-0.2, -0.15) is 0 Å². The lowest BCUT2D eigenvalue weighted by molar-refractivity contribution is -0.138. The monoisotopic (exact) mass is 155 g/mol. The minimum absolute atomic E-state index is 0.0505. The summed E-state index contributed by atoms with van der Waals surface area (Å²) in [6, 6.07) is 0. The van der Waals surface area contributed by atoms with Crippen LogP contribution in [0.4, 0.5) is 0 Å². The highest BCUT2D eigenvalue weighted by Crippen LogP contribution is 2.17. The number of nitrogens with zero attached hydrogens (tertiary/aromatic N) is 1. The zero-order valence-electron chi connectivity index (χ0n) is 6.08. The second kappa shape index (κ2) is 2.30. The molecule has 2 amide bonds. The van der Waals surface area contributed by atoms with Gasteiger partial charge in [0.2, 0.25) is 11.8 Å². The first-order valence-corrected chi connectivity index (χ1v) is 3.72. The molecule has 4 heteroatoms. The van der Waals surface area contributed by atoms with Crippen LogP contribution in [0.1, 0.15) is 12.8 Å². The largest absolute Gasteiger partial charge is 0.371 e. The zero-order chi connectivity index (χ0) is 7.84. The number of imide groups is 1. The molecule has 0 aliphatic carbocycles. The number of hydrogen-bond donors (Lipinski definition) is 0. The molecular formula is C7H9NO3. The smallest absolute Gasteiger partial charge is 0.229 e. The molecule has 2 heterocycles. The molecule has 0 spiro atoms. The average molecular weight is 155 g/mol.